The second kappa shape index (κ2) is 6.69. The van der Waals surface area contributed by atoms with Crippen molar-refractivity contribution in [1.82, 2.24) is 5.32 Å². The van der Waals surface area contributed by atoms with Crippen LogP contribution in [0.25, 0.3) is 0 Å². The van der Waals surface area contributed by atoms with Gasteiger partial charge in [0.25, 0.3) is 0 Å². The molecule has 0 radical (unpaired) electrons. The summed E-state index contributed by atoms with van der Waals surface area (Å²) in [6.45, 7) is 7.94. The maximum Gasteiger partial charge on any atom is 0.341 e. The minimum Gasteiger partial charge on any atom is -0.456 e. The molecular formula is C16H24N2O3S. The first-order valence-electron chi connectivity index (χ1n) is 7.74. The van der Waals surface area contributed by atoms with Crippen LogP contribution in [0, 0.1) is 0 Å². The number of hydrogen-bond donors (Lipinski definition) is 2. The Morgan fingerprint density at radius 1 is 1.23 bits per heavy atom. The monoisotopic (exact) mass is 324 g/mol. The molecule has 0 saturated carbocycles. The average Bonchev–Trinajstić information content (AvgIpc) is 2.74. The van der Waals surface area contributed by atoms with Crippen LogP contribution in [0.5, 0.6) is 0 Å². The van der Waals surface area contributed by atoms with Crippen molar-refractivity contribution >= 4 is 28.3 Å². The summed E-state index contributed by atoms with van der Waals surface area (Å²) < 4.78 is 5.53. The molecule has 1 aromatic rings. The quantitative estimate of drug-likeness (QED) is 0.833. The molecule has 2 amide bonds. The zero-order chi connectivity index (χ0) is 16.3. The Morgan fingerprint density at radius 3 is 2.55 bits per heavy atom. The molecule has 1 heterocycles. The van der Waals surface area contributed by atoms with Gasteiger partial charge in [0.05, 0.1) is 5.56 Å². The molecule has 2 rings (SSSR count). The van der Waals surface area contributed by atoms with Crippen molar-refractivity contribution in [1.29, 1.82) is 0 Å². The van der Waals surface area contributed by atoms with Gasteiger partial charge in [-0.05, 0) is 58.9 Å². The Kier molecular flexibility index (Phi) is 5.11. The summed E-state index contributed by atoms with van der Waals surface area (Å²) in [4.78, 5) is 25.6. The van der Waals surface area contributed by atoms with Gasteiger partial charge in [0.1, 0.15) is 10.6 Å². The Balaban J connectivity index is 2.33. The van der Waals surface area contributed by atoms with Crippen LogP contribution in [0.2, 0.25) is 0 Å². The molecule has 6 heteroatoms. The van der Waals surface area contributed by atoms with Gasteiger partial charge in [-0.2, -0.15) is 0 Å². The van der Waals surface area contributed by atoms with E-state index in [0.29, 0.717) is 17.1 Å². The lowest BCUT2D eigenvalue weighted by atomic mass is 9.95. The highest BCUT2D eigenvalue weighted by atomic mass is 32.1. The lowest BCUT2D eigenvalue weighted by Gasteiger charge is -2.21. The van der Waals surface area contributed by atoms with Crippen LogP contribution in [0.15, 0.2) is 0 Å². The highest BCUT2D eigenvalue weighted by Crippen LogP contribution is 2.39. The van der Waals surface area contributed by atoms with Crippen molar-refractivity contribution in [2.24, 2.45) is 0 Å². The van der Waals surface area contributed by atoms with Gasteiger partial charge in [-0.15, -0.1) is 11.3 Å². The Bertz CT molecular complexity index is 573. The molecular weight excluding hydrogens is 300 g/mol. The molecule has 0 saturated heterocycles. The number of fused-ring (bicyclic) bond motifs is 1. The zero-order valence-corrected chi connectivity index (χ0v) is 14.5. The molecule has 0 unspecified atom stereocenters. The van der Waals surface area contributed by atoms with Crippen LogP contribution < -0.4 is 10.6 Å². The summed E-state index contributed by atoms with van der Waals surface area (Å²) in [5.41, 5.74) is 1.04. The van der Waals surface area contributed by atoms with Crippen LogP contribution in [0.3, 0.4) is 0 Å². The molecule has 0 aliphatic heterocycles. The van der Waals surface area contributed by atoms with Crippen LogP contribution in [0.4, 0.5) is 9.80 Å². The topological polar surface area (TPSA) is 67.4 Å². The number of thiophene rings is 1. The van der Waals surface area contributed by atoms with E-state index in [2.05, 4.69) is 10.6 Å². The fraction of sp³-hybridized carbons (Fsp3) is 0.625. The van der Waals surface area contributed by atoms with Crippen molar-refractivity contribution in [2.75, 3.05) is 11.9 Å². The van der Waals surface area contributed by atoms with Crippen LogP contribution in [-0.4, -0.2) is 24.1 Å². The molecule has 122 valence electrons. The van der Waals surface area contributed by atoms with Gasteiger partial charge in [0.2, 0.25) is 0 Å². The Hall–Kier alpha value is -1.56. The number of aryl methyl sites for hydroxylation is 1. The molecule has 0 aromatic carbocycles. The van der Waals surface area contributed by atoms with Gasteiger partial charge in [-0.25, -0.2) is 9.59 Å². The van der Waals surface area contributed by atoms with Crippen molar-refractivity contribution in [2.45, 2.75) is 59.0 Å². The van der Waals surface area contributed by atoms with Crippen molar-refractivity contribution in [3.05, 3.63) is 16.0 Å². The summed E-state index contributed by atoms with van der Waals surface area (Å²) in [5.74, 6) is -0.348. The largest absolute Gasteiger partial charge is 0.456 e. The summed E-state index contributed by atoms with van der Waals surface area (Å²) in [5, 5.41) is 6.10. The predicted octanol–water partition coefficient (Wildman–Crippen LogP) is 3.72. The molecule has 0 atom stereocenters. The molecule has 1 aromatic heterocycles. The van der Waals surface area contributed by atoms with Gasteiger partial charge in [0, 0.05) is 11.4 Å². The molecule has 2 N–H and O–H groups in total. The van der Waals surface area contributed by atoms with Gasteiger partial charge in [-0.3, -0.25) is 5.32 Å². The number of anilines is 1. The second-order valence-corrected chi connectivity index (χ2v) is 7.51. The minimum absolute atomic E-state index is 0.286. The van der Waals surface area contributed by atoms with Crippen LogP contribution in [-0.2, 0) is 17.6 Å². The number of esters is 1. The minimum atomic E-state index is -0.552. The summed E-state index contributed by atoms with van der Waals surface area (Å²) >= 11 is 1.50. The lowest BCUT2D eigenvalue weighted by molar-refractivity contribution is 0.00699. The fourth-order valence-electron chi connectivity index (χ4n) is 2.51. The fourth-order valence-corrected chi connectivity index (χ4v) is 3.78. The third-order valence-electron chi connectivity index (χ3n) is 3.34. The summed E-state index contributed by atoms with van der Waals surface area (Å²) in [6.07, 6.45) is 4.03. The molecule has 0 fully saturated rings. The number of amides is 2. The van der Waals surface area contributed by atoms with E-state index in [9.17, 15) is 9.59 Å². The third kappa shape index (κ3) is 4.00. The van der Waals surface area contributed by atoms with E-state index in [0.717, 1.165) is 31.2 Å². The van der Waals surface area contributed by atoms with Gasteiger partial charge >= 0.3 is 12.0 Å². The molecule has 1 aliphatic rings. The van der Waals surface area contributed by atoms with Crippen molar-refractivity contribution < 1.29 is 14.3 Å². The first-order valence-corrected chi connectivity index (χ1v) is 8.56. The number of carbonyl (C=O) groups excluding carboxylic acids is 2. The maximum atomic E-state index is 12.6. The number of carbonyl (C=O) groups is 2. The van der Waals surface area contributed by atoms with E-state index in [1.807, 2.05) is 27.7 Å². The average molecular weight is 324 g/mol. The Labute approximate surface area is 135 Å². The number of urea groups is 1. The van der Waals surface area contributed by atoms with Gasteiger partial charge < -0.3 is 10.1 Å². The standard InChI is InChI=1S/C16H24N2O3S/c1-5-17-15(20)18-13-12(14(19)21-16(2,3)4)10-8-6-7-9-11(10)22-13/h5-9H2,1-4H3,(H2,17,18,20). The molecule has 0 bridgehead atoms. The SMILES string of the molecule is CCNC(=O)Nc1sc2c(c1C(=O)OC(C)(C)C)CCCC2. The van der Waals surface area contributed by atoms with Crippen LogP contribution >= 0.6 is 11.3 Å². The smallest absolute Gasteiger partial charge is 0.341 e. The first-order chi connectivity index (χ1) is 10.3. The number of ether oxygens (including phenoxy) is 1. The maximum absolute atomic E-state index is 12.6. The third-order valence-corrected chi connectivity index (χ3v) is 4.55. The van der Waals surface area contributed by atoms with Crippen LogP contribution in [0.1, 0.15) is 61.3 Å². The lowest BCUT2D eigenvalue weighted by Crippen LogP contribution is -2.29. The number of hydrogen-bond acceptors (Lipinski definition) is 4. The van der Waals surface area contributed by atoms with Gasteiger partial charge in [0.15, 0.2) is 0 Å². The van der Waals surface area contributed by atoms with E-state index in [4.69, 9.17) is 4.74 Å². The normalized spacial score (nSPS) is 14.2. The van der Waals surface area contributed by atoms with E-state index in [-0.39, 0.29) is 12.0 Å². The highest BCUT2D eigenvalue weighted by molar-refractivity contribution is 7.17. The molecule has 5 nitrogen and oxygen atoms in total. The predicted molar refractivity (Wildman–Crippen MR) is 88.8 cm³/mol. The first kappa shape index (κ1) is 16.8. The summed E-state index contributed by atoms with van der Waals surface area (Å²) in [7, 11) is 0. The number of rotatable bonds is 3. The molecule has 22 heavy (non-hydrogen) atoms. The van der Waals surface area contributed by atoms with Crippen molar-refractivity contribution in [3.63, 3.8) is 0 Å². The van der Waals surface area contributed by atoms with Crippen molar-refractivity contribution in [3.8, 4) is 0 Å². The zero-order valence-electron chi connectivity index (χ0n) is 13.7. The molecule has 1 aliphatic carbocycles. The summed E-state index contributed by atoms with van der Waals surface area (Å²) in [6, 6.07) is -0.286. The van der Waals surface area contributed by atoms with E-state index in [1.165, 1.54) is 16.2 Å². The highest BCUT2D eigenvalue weighted by Gasteiger charge is 2.29. The second-order valence-electron chi connectivity index (χ2n) is 6.40. The van der Waals surface area contributed by atoms with E-state index in [1.54, 1.807) is 0 Å². The van der Waals surface area contributed by atoms with E-state index < -0.39 is 5.60 Å². The number of nitrogens with one attached hydrogen (secondary N) is 2. The van der Waals surface area contributed by atoms with E-state index >= 15 is 0 Å². The van der Waals surface area contributed by atoms with Gasteiger partial charge in [-0.1, -0.05) is 0 Å². The molecule has 0 spiro atoms. The Morgan fingerprint density at radius 2 is 1.91 bits per heavy atom.